The largest absolute Gasteiger partial charge is 0.319 e. The molecule has 0 bridgehead atoms. The van der Waals surface area contributed by atoms with Gasteiger partial charge < -0.3 is 5.32 Å². The van der Waals surface area contributed by atoms with E-state index in [4.69, 9.17) is 0 Å². The smallest absolute Gasteiger partial charge is 0.00510 e. The fraction of sp³-hybridized carbons (Fsp3) is 0.789. The third-order valence-corrected chi connectivity index (χ3v) is 6.61. The van der Waals surface area contributed by atoms with Crippen LogP contribution in [0.15, 0.2) is 12.1 Å². The lowest BCUT2D eigenvalue weighted by molar-refractivity contribution is 0.0984. The van der Waals surface area contributed by atoms with Crippen molar-refractivity contribution in [1.29, 1.82) is 0 Å². The van der Waals surface area contributed by atoms with Crippen molar-refractivity contribution >= 4 is 11.3 Å². The van der Waals surface area contributed by atoms with Gasteiger partial charge >= 0.3 is 0 Å². The zero-order valence-electron chi connectivity index (χ0n) is 14.5. The van der Waals surface area contributed by atoms with Crippen LogP contribution in [0, 0.1) is 23.2 Å². The fourth-order valence-electron chi connectivity index (χ4n) is 3.87. The molecule has 0 aromatic carbocycles. The molecule has 0 spiro atoms. The number of aryl methyl sites for hydroxylation is 1. The molecule has 1 aromatic heterocycles. The standard InChI is InChI=1S/C19H33NS/c1-6-17-9-10-18(21-17)12-15-11-16(19(2,3)4)8-7-14(15)13-20-5/h9-10,14-16,20H,6-8,11-13H2,1-5H3. The van der Waals surface area contributed by atoms with Crippen LogP contribution in [0.5, 0.6) is 0 Å². The second-order valence-corrected chi connectivity index (χ2v) is 9.13. The van der Waals surface area contributed by atoms with Crippen molar-refractivity contribution in [2.45, 2.75) is 59.8 Å². The monoisotopic (exact) mass is 307 g/mol. The predicted octanol–water partition coefficient (Wildman–Crippen LogP) is 5.15. The molecule has 1 aliphatic rings. The number of thiophene rings is 1. The summed E-state index contributed by atoms with van der Waals surface area (Å²) in [6, 6.07) is 4.71. The van der Waals surface area contributed by atoms with Crippen LogP contribution in [-0.4, -0.2) is 13.6 Å². The molecule has 1 N–H and O–H groups in total. The molecule has 0 aliphatic heterocycles. The average molecular weight is 308 g/mol. The summed E-state index contributed by atoms with van der Waals surface area (Å²) in [6.45, 7) is 10.7. The summed E-state index contributed by atoms with van der Waals surface area (Å²) in [5.41, 5.74) is 0.465. The normalized spacial score (nSPS) is 27.0. The van der Waals surface area contributed by atoms with E-state index < -0.39 is 0 Å². The van der Waals surface area contributed by atoms with Crippen molar-refractivity contribution in [1.82, 2.24) is 5.32 Å². The van der Waals surface area contributed by atoms with Crippen LogP contribution in [0.2, 0.25) is 0 Å². The second-order valence-electron chi connectivity index (χ2n) is 7.88. The van der Waals surface area contributed by atoms with Crippen LogP contribution in [0.1, 0.15) is 56.7 Å². The zero-order valence-corrected chi connectivity index (χ0v) is 15.4. The predicted molar refractivity (Wildman–Crippen MR) is 95.1 cm³/mol. The summed E-state index contributed by atoms with van der Waals surface area (Å²) in [6.07, 6.45) is 6.70. The molecule has 21 heavy (non-hydrogen) atoms. The Labute approximate surface area is 135 Å². The summed E-state index contributed by atoms with van der Waals surface area (Å²) in [4.78, 5) is 3.14. The van der Waals surface area contributed by atoms with Crippen molar-refractivity contribution in [3.63, 3.8) is 0 Å². The molecule has 3 unspecified atom stereocenters. The Morgan fingerprint density at radius 2 is 1.86 bits per heavy atom. The highest BCUT2D eigenvalue weighted by molar-refractivity contribution is 7.11. The summed E-state index contributed by atoms with van der Waals surface area (Å²) in [5.74, 6) is 2.61. The van der Waals surface area contributed by atoms with Crippen LogP contribution in [0.25, 0.3) is 0 Å². The van der Waals surface area contributed by atoms with Crippen molar-refractivity contribution in [2.75, 3.05) is 13.6 Å². The van der Waals surface area contributed by atoms with Crippen LogP contribution in [0.3, 0.4) is 0 Å². The van der Waals surface area contributed by atoms with Gasteiger partial charge in [0.2, 0.25) is 0 Å². The first-order valence-corrected chi connectivity index (χ1v) is 9.47. The molecule has 1 fully saturated rings. The van der Waals surface area contributed by atoms with E-state index in [0.29, 0.717) is 5.41 Å². The second kappa shape index (κ2) is 7.28. The first kappa shape index (κ1) is 17.0. The topological polar surface area (TPSA) is 12.0 Å². The van der Waals surface area contributed by atoms with Crippen LogP contribution < -0.4 is 5.32 Å². The maximum Gasteiger partial charge on any atom is 0.00510 e. The maximum atomic E-state index is 3.43. The van der Waals surface area contributed by atoms with Gasteiger partial charge in [-0.3, -0.25) is 0 Å². The molecule has 120 valence electrons. The fourth-order valence-corrected chi connectivity index (χ4v) is 4.93. The minimum Gasteiger partial charge on any atom is -0.319 e. The highest BCUT2D eigenvalue weighted by atomic mass is 32.1. The Hall–Kier alpha value is -0.340. The summed E-state index contributed by atoms with van der Waals surface area (Å²) < 4.78 is 0. The Morgan fingerprint density at radius 1 is 1.14 bits per heavy atom. The van der Waals surface area contributed by atoms with Crippen molar-refractivity contribution in [3.05, 3.63) is 21.9 Å². The first-order chi connectivity index (χ1) is 9.94. The van der Waals surface area contributed by atoms with Crippen molar-refractivity contribution < 1.29 is 0 Å². The Morgan fingerprint density at radius 3 is 2.43 bits per heavy atom. The first-order valence-electron chi connectivity index (χ1n) is 8.66. The van der Waals surface area contributed by atoms with Gasteiger partial charge in [0.25, 0.3) is 0 Å². The Balaban J connectivity index is 2.06. The zero-order chi connectivity index (χ0) is 15.5. The Kier molecular flexibility index (Phi) is 5.90. The lowest BCUT2D eigenvalue weighted by atomic mass is 9.64. The van der Waals surface area contributed by atoms with Gasteiger partial charge in [0.1, 0.15) is 0 Å². The molecule has 1 aliphatic carbocycles. The summed E-state index contributed by atoms with van der Waals surface area (Å²) in [7, 11) is 2.10. The van der Waals surface area contributed by atoms with E-state index in [1.807, 2.05) is 11.3 Å². The third-order valence-electron chi connectivity index (χ3n) is 5.36. The van der Waals surface area contributed by atoms with Crippen LogP contribution >= 0.6 is 11.3 Å². The Bertz CT molecular complexity index is 429. The average Bonchev–Trinajstić information content (AvgIpc) is 2.87. The van der Waals surface area contributed by atoms with E-state index in [0.717, 1.165) is 17.8 Å². The van der Waals surface area contributed by atoms with Crippen molar-refractivity contribution in [2.24, 2.45) is 23.2 Å². The summed E-state index contributed by atoms with van der Waals surface area (Å²) >= 11 is 2.03. The number of nitrogens with one attached hydrogen (secondary N) is 1. The highest BCUT2D eigenvalue weighted by Crippen LogP contribution is 2.44. The molecular weight excluding hydrogens is 274 g/mol. The molecule has 2 heteroatoms. The van der Waals surface area contributed by atoms with E-state index in [1.165, 1.54) is 38.6 Å². The highest BCUT2D eigenvalue weighted by Gasteiger charge is 2.35. The quantitative estimate of drug-likeness (QED) is 0.793. The molecule has 1 heterocycles. The van der Waals surface area contributed by atoms with Gasteiger partial charge in [0.05, 0.1) is 0 Å². The molecule has 0 radical (unpaired) electrons. The van der Waals surface area contributed by atoms with Gasteiger partial charge in [-0.25, -0.2) is 0 Å². The van der Waals surface area contributed by atoms with Crippen LogP contribution in [0.4, 0.5) is 0 Å². The lowest BCUT2D eigenvalue weighted by Crippen LogP contribution is -2.36. The molecule has 2 rings (SSSR count). The third kappa shape index (κ3) is 4.56. The van der Waals surface area contributed by atoms with Gasteiger partial charge in [-0.05, 0) is 81.0 Å². The minimum absolute atomic E-state index is 0.465. The molecule has 0 saturated heterocycles. The number of hydrogen-bond donors (Lipinski definition) is 1. The van der Waals surface area contributed by atoms with Gasteiger partial charge in [0, 0.05) is 9.75 Å². The van der Waals surface area contributed by atoms with Gasteiger partial charge in [-0.15, -0.1) is 11.3 Å². The molecule has 1 nitrogen and oxygen atoms in total. The van der Waals surface area contributed by atoms with E-state index >= 15 is 0 Å². The number of rotatable bonds is 5. The number of hydrogen-bond acceptors (Lipinski definition) is 2. The van der Waals surface area contributed by atoms with Crippen LogP contribution in [-0.2, 0) is 12.8 Å². The molecule has 1 saturated carbocycles. The van der Waals surface area contributed by atoms with E-state index in [9.17, 15) is 0 Å². The molecule has 1 aromatic rings. The van der Waals surface area contributed by atoms with E-state index in [1.54, 1.807) is 9.75 Å². The minimum atomic E-state index is 0.465. The van der Waals surface area contributed by atoms with Gasteiger partial charge in [0.15, 0.2) is 0 Å². The SMILES string of the molecule is CCc1ccc(CC2CC(C(C)(C)C)CCC2CNC)s1. The van der Waals surface area contributed by atoms with E-state index in [-0.39, 0.29) is 0 Å². The molecule has 0 amide bonds. The lowest BCUT2D eigenvalue weighted by Gasteiger charge is -2.42. The van der Waals surface area contributed by atoms with Gasteiger partial charge in [-0.1, -0.05) is 27.7 Å². The van der Waals surface area contributed by atoms with Gasteiger partial charge in [-0.2, -0.15) is 0 Å². The van der Waals surface area contributed by atoms with E-state index in [2.05, 4.69) is 52.2 Å². The maximum absolute atomic E-state index is 3.43. The molecular formula is C19H33NS. The van der Waals surface area contributed by atoms with Crippen molar-refractivity contribution in [3.8, 4) is 0 Å². The molecule has 3 atom stereocenters. The summed E-state index contributed by atoms with van der Waals surface area (Å²) in [5, 5.41) is 3.43.